The third-order valence-electron chi connectivity index (χ3n) is 2.67. The van der Waals surface area contributed by atoms with Gasteiger partial charge in [-0.2, -0.15) is 0 Å². The van der Waals surface area contributed by atoms with Crippen LogP contribution in [-0.2, 0) is 6.54 Å². The lowest BCUT2D eigenvalue weighted by atomic mass is 10.2. The minimum absolute atomic E-state index is 0.0819. The summed E-state index contributed by atoms with van der Waals surface area (Å²) in [7, 11) is 0. The van der Waals surface area contributed by atoms with Crippen molar-refractivity contribution in [3.63, 3.8) is 0 Å². The number of hydrogen-bond acceptors (Lipinski definition) is 4. The number of rotatable bonds is 5. The van der Waals surface area contributed by atoms with Crippen LogP contribution in [0.3, 0.4) is 0 Å². The van der Waals surface area contributed by atoms with Crippen molar-refractivity contribution in [1.29, 1.82) is 0 Å². The van der Waals surface area contributed by atoms with Crippen LogP contribution in [0.2, 0.25) is 0 Å². The minimum atomic E-state index is -0.394. The molecule has 6 heteroatoms. The highest BCUT2D eigenvalue weighted by atomic mass is 16.3. The molecular weight excluding hydrogens is 234 g/mol. The van der Waals surface area contributed by atoms with Gasteiger partial charge in [0, 0.05) is 25.4 Å². The Labute approximate surface area is 103 Å². The Bertz CT molecular complexity index is 598. The highest BCUT2D eigenvalue weighted by molar-refractivity contribution is 5.02. The second-order valence-corrected chi connectivity index (χ2v) is 3.99. The van der Waals surface area contributed by atoms with Crippen molar-refractivity contribution in [2.75, 3.05) is 6.54 Å². The van der Waals surface area contributed by atoms with Gasteiger partial charge in [0.15, 0.2) is 0 Å². The zero-order chi connectivity index (χ0) is 13.0. The van der Waals surface area contributed by atoms with Crippen molar-refractivity contribution in [3.8, 4) is 0 Å². The number of H-pyrrole nitrogens is 1. The average Bonchev–Trinajstić information content (AvgIpc) is 2.85. The Morgan fingerprint density at radius 2 is 2.28 bits per heavy atom. The minimum Gasteiger partial charge on any atom is -0.468 e. The van der Waals surface area contributed by atoms with E-state index in [4.69, 9.17) is 4.42 Å². The van der Waals surface area contributed by atoms with E-state index in [9.17, 15) is 9.59 Å². The first-order valence-electron chi connectivity index (χ1n) is 5.73. The van der Waals surface area contributed by atoms with Gasteiger partial charge < -0.3 is 9.73 Å². The molecule has 0 bridgehead atoms. The van der Waals surface area contributed by atoms with Gasteiger partial charge in [-0.25, -0.2) is 4.79 Å². The smallest absolute Gasteiger partial charge is 0.328 e. The molecule has 0 aliphatic heterocycles. The number of hydrogen-bond donors (Lipinski definition) is 2. The fourth-order valence-corrected chi connectivity index (χ4v) is 1.66. The lowest BCUT2D eigenvalue weighted by Crippen LogP contribution is -2.32. The number of aromatic amines is 1. The molecule has 2 heterocycles. The molecule has 0 radical (unpaired) electrons. The van der Waals surface area contributed by atoms with Crippen LogP contribution in [0, 0.1) is 0 Å². The number of furan rings is 1. The van der Waals surface area contributed by atoms with Crippen molar-refractivity contribution in [1.82, 2.24) is 14.9 Å². The molecule has 2 aromatic rings. The first-order chi connectivity index (χ1) is 8.66. The van der Waals surface area contributed by atoms with Crippen LogP contribution in [-0.4, -0.2) is 16.1 Å². The lowest BCUT2D eigenvalue weighted by Gasteiger charge is -2.11. The standard InChI is InChI=1S/C12H15N3O3/c1-9(10-3-2-8-18-10)13-5-7-15-6-4-11(16)14-12(15)17/h2-4,6,8-9,13H,5,7H2,1H3,(H,14,16,17). The van der Waals surface area contributed by atoms with Crippen LogP contribution >= 0.6 is 0 Å². The van der Waals surface area contributed by atoms with E-state index in [0.717, 1.165) is 5.76 Å². The summed E-state index contributed by atoms with van der Waals surface area (Å²) < 4.78 is 6.71. The predicted octanol–water partition coefficient (Wildman–Crippen LogP) is 0.480. The molecule has 0 amide bonds. The molecule has 1 unspecified atom stereocenters. The van der Waals surface area contributed by atoms with Crippen molar-refractivity contribution >= 4 is 0 Å². The molecule has 0 aliphatic rings. The van der Waals surface area contributed by atoms with E-state index >= 15 is 0 Å². The normalized spacial score (nSPS) is 12.5. The monoisotopic (exact) mass is 249 g/mol. The Morgan fingerprint density at radius 3 is 2.94 bits per heavy atom. The third-order valence-corrected chi connectivity index (χ3v) is 2.67. The molecule has 0 aliphatic carbocycles. The van der Waals surface area contributed by atoms with E-state index in [1.165, 1.54) is 16.8 Å². The molecule has 6 nitrogen and oxygen atoms in total. The van der Waals surface area contributed by atoms with Gasteiger partial charge in [-0.1, -0.05) is 0 Å². The van der Waals surface area contributed by atoms with Crippen molar-refractivity contribution in [3.05, 3.63) is 57.3 Å². The van der Waals surface area contributed by atoms with Gasteiger partial charge in [0.25, 0.3) is 5.56 Å². The van der Waals surface area contributed by atoms with Gasteiger partial charge in [-0.05, 0) is 19.1 Å². The van der Waals surface area contributed by atoms with Gasteiger partial charge in [-0.3, -0.25) is 14.3 Å². The average molecular weight is 249 g/mol. The summed E-state index contributed by atoms with van der Waals surface area (Å²) in [4.78, 5) is 24.5. The summed E-state index contributed by atoms with van der Waals surface area (Å²) in [6, 6.07) is 5.14. The molecule has 96 valence electrons. The SMILES string of the molecule is CC(NCCn1ccc(=O)[nH]c1=O)c1ccco1. The topological polar surface area (TPSA) is 80.0 Å². The van der Waals surface area contributed by atoms with E-state index < -0.39 is 5.69 Å². The molecule has 1 atom stereocenters. The van der Waals surface area contributed by atoms with Crippen LogP contribution in [0.5, 0.6) is 0 Å². The first kappa shape index (κ1) is 12.4. The Kier molecular flexibility index (Phi) is 3.78. The molecule has 2 rings (SSSR count). The second-order valence-electron chi connectivity index (χ2n) is 3.99. The van der Waals surface area contributed by atoms with E-state index in [0.29, 0.717) is 13.1 Å². The van der Waals surface area contributed by atoms with Gasteiger partial charge in [0.1, 0.15) is 5.76 Å². The maximum absolute atomic E-state index is 11.4. The zero-order valence-corrected chi connectivity index (χ0v) is 10.1. The Balaban J connectivity index is 1.89. The van der Waals surface area contributed by atoms with E-state index in [1.54, 1.807) is 6.26 Å². The highest BCUT2D eigenvalue weighted by Crippen LogP contribution is 2.11. The molecule has 0 fully saturated rings. The summed E-state index contributed by atoms with van der Waals surface area (Å²) >= 11 is 0. The number of nitrogens with zero attached hydrogens (tertiary/aromatic N) is 1. The fraction of sp³-hybridized carbons (Fsp3) is 0.333. The largest absolute Gasteiger partial charge is 0.468 e. The summed E-state index contributed by atoms with van der Waals surface area (Å²) in [5.41, 5.74) is -0.775. The quantitative estimate of drug-likeness (QED) is 0.807. The zero-order valence-electron chi connectivity index (χ0n) is 10.1. The fourth-order valence-electron chi connectivity index (χ4n) is 1.66. The molecule has 2 aromatic heterocycles. The lowest BCUT2D eigenvalue weighted by molar-refractivity contribution is 0.421. The van der Waals surface area contributed by atoms with Gasteiger partial charge in [-0.15, -0.1) is 0 Å². The summed E-state index contributed by atoms with van der Waals surface area (Å²) in [6.45, 7) is 3.07. The van der Waals surface area contributed by atoms with Crippen molar-refractivity contribution in [2.24, 2.45) is 0 Å². The number of aromatic nitrogens is 2. The van der Waals surface area contributed by atoms with Gasteiger partial charge in [0.2, 0.25) is 0 Å². The van der Waals surface area contributed by atoms with Gasteiger partial charge in [0.05, 0.1) is 12.3 Å². The maximum atomic E-state index is 11.4. The predicted molar refractivity (Wildman–Crippen MR) is 66.4 cm³/mol. The molecule has 18 heavy (non-hydrogen) atoms. The van der Waals surface area contributed by atoms with Crippen molar-refractivity contribution < 1.29 is 4.42 Å². The summed E-state index contributed by atoms with van der Waals surface area (Å²) in [5.74, 6) is 0.851. The first-order valence-corrected chi connectivity index (χ1v) is 5.73. The Morgan fingerprint density at radius 1 is 1.44 bits per heavy atom. The summed E-state index contributed by atoms with van der Waals surface area (Å²) in [6.07, 6.45) is 3.11. The maximum Gasteiger partial charge on any atom is 0.328 e. The second kappa shape index (κ2) is 5.50. The van der Waals surface area contributed by atoms with Gasteiger partial charge >= 0.3 is 5.69 Å². The van der Waals surface area contributed by atoms with Crippen LogP contribution in [0.1, 0.15) is 18.7 Å². The molecular formula is C12H15N3O3. The van der Waals surface area contributed by atoms with Crippen LogP contribution < -0.4 is 16.6 Å². The summed E-state index contributed by atoms with van der Waals surface area (Å²) in [5, 5.41) is 3.23. The van der Waals surface area contributed by atoms with Crippen LogP contribution in [0.25, 0.3) is 0 Å². The van der Waals surface area contributed by atoms with E-state index in [-0.39, 0.29) is 11.6 Å². The Hall–Kier alpha value is -2.08. The van der Waals surface area contributed by atoms with Crippen LogP contribution in [0.15, 0.2) is 44.7 Å². The number of nitrogens with one attached hydrogen (secondary N) is 2. The molecule has 0 spiro atoms. The molecule has 0 aromatic carbocycles. The molecule has 0 saturated heterocycles. The van der Waals surface area contributed by atoms with E-state index in [2.05, 4.69) is 10.3 Å². The van der Waals surface area contributed by atoms with Crippen LogP contribution in [0.4, 0.5) is 0 Å². The van der Waals surface area contributed by atoms with Crippen molar-refractivity contribution in [2.45, 2.75) is 19.5 Å². The molecule has 0 saturated carbocycles. The highest BCUT2D eigenvalue weighted by Gasteiger charge is 2.06. The van der Waals surface area contributed by atoms with E-state index in [1.807, 2.05) is 19.1 Å². The third kappa shape index (κ3) is 2.98. The molecule has 2 N–H and O–H groups in total.